The smallest absolute Gasteiger partial charge is 0.254 e. The molecule has 136 valence electrons. The first-order chi connectivity index (χ1) is 12.7. The molecule has 0 spiro atoms. The van der Waals surface area contributed by atoms with Crippen LogP contribution in [0.25, 0.3) is 0 Å². The molecule has 1 N–H and O–H groups in total. The summed E-state index contributed by atoms with van der Waals surface area (Å²) in [7, 11) is 1.78. The SMILES string of the molecule is CNc1cc(C(=O)N2C[C@@H]3CC[C@H](C2)N(Cc2cscn2)C3=O)ccn1. The molecule has 2 aromatic rings. The van der Waals surface area contributed by atoms with E-state index in [1.165, 1.54) is 11.3 Å². The van der Waals surface area contributed by atoms with Crippen molar-refractivity contribution in [2.45, 2.75) is 25.4 Å². The average Bonchev–Trinajstić information content (AvgIpc) is 3.04. The number of nitrogens with zero attached hydrogens (tertiary/aromatic N) is 4. The molecular weight excluding hydrogens is 350 g/mol. The Morgan fingerprint density at radius 3 is 3.00 bits per heavy atom. The lowest BCUT2D eigenvalue weighted by Gasteiger charge is -2.35. The van der Waals surface area contributed by atoms with Crippen LogP contribution in [-0.4, -0.2) is 57.8 Å². The van der Waals surface area contributed by atoms with E-state index >= 15 is 0 Å². The molecule has 8 heteroatoms. The number of piperidine rings is 1. The van der Waals surface area contributed by atoms with E-state index in [0.29, 0.717) is 31.0 Å². The lowest BCUT2D eigenvalue weighted by atomic mass is 9.94. The van der Waals surface area contributed by atoms with E-state index in [4.69, 9.17) is 0 Å². The molecular formula is C18H21N5O2S. The predicted octanol–water partition coefficient (Wildman–Crippen LogP) is 1.84. The van der Waals surface area contributed by atoms with E-state index in [1.807, 2.05) is 15.2 Å². The van der Waals surface area contributed by atoms with E-state index in [0.717, 1.165) is 18.5 Å². The van der Waals surface area contributed by atoms with Crippen molar-refractivity contribution in [2.24, 2.45) is 5.92 Å². The normalized spacial score (nSPS) is 22.4. The Morgan fingerprint density at radius 2 is 2.23 bits per heavy atom. The van der Waals surface area contributed by atoms with Gasteiger partial charge in [0.05, 0.1) is 23.7 Å². The van der Waals surface area contributed by atoms with Crippen molar-refractivity contribution in [2.75, 3.05) is 25.5 Å². The van der Waals surface area contributed by atoms with Crippen LogP contribution in [0.3, 0.4) is 0 Å². The first kappa shape index (κ1) is 17.0. The second-order valence-corrected chi connectivity index (χ2v) is 7.48. The van der Waals surface area contributed by atoms with E-state index in [-0.39, 0.29) is 23.8 Å². The zero-order valence-electron chi connectivity index (χ0n) is 14.6. The van der Waals surface area contributed by atoms with E-state index in [9.17, 15) is 9.59 Å². The Hall–Kier alpha value is -2.48. The second-order valence-electron chi connectivity index (χ2n) is 6.76. The molecule has 0 saturated carbocycles. The fourth-order valence-electron chi connectivity index (χ4n) is 3.79. The molecule has 2 aromatic heterocycles. The van der Waals surface area contributed by atoms with E-state index < -0.39 is 0 Å². The van der Waals surface area contributed by atoms with E-state index in [2.05, 4.69) is 15.3 Å². The van der Waals surface area contributed by atoms with Crippen molar-refractivity contribution < 1.29 is 9.59 Å². The standard InChI is InChI=1S/C18H21N5O2S/c1-19-16-6-12(4-5-20-16)17(24)22-7-13-2-3-15(9-22)23(18(13)25)8-14-10-26-11-21-14/h4-6,10-11,13,15H,2-3,7-9H2,1H3,(H,19,20)/t13-,15+/m0/s1. The molecule has 3 aliphatic heterocycles. The third kappa shape index (κ3) is 3.16. The number of fused-ring (bicyclic) bond motifs is 4. The molecule has 2 bridgehead atoms. The maximum Gasteiger partial charge on any atom is 0.254 e. The lowest BCUT2D eigenvalue weighted by Crippen LogP contribution is -2.47. The number of nitrogens with one attached hydrogen (secondary N) is 1. The molecule has 0 aromatic carbocycles. The minimum atomic E-state index is -0.123. The molecule has 0 aliphatic carbocycles. The van der Waals surface area contributed by atoms with E-state index in [1.54, 1.807) is 30.9 Å². The number of rotatable bonds is 4. The first-order valence-corrected chi connectivity index (χ1v) is 9.70. The lowest BCUT2D eigenvalue weighted by molar-refractivity contribution is -0.140. The third-order valence-electron chi connectivity index (χ3n) is 5.16. The number of carbonyl (C=O) groups is 2. The van der Waals surface area contributed by atoms with Gasteiger partial charge in [0.1, 0.15) is 5.82 Å². The van der Waals surface area contributed by atoms with Gasteiger partial charge in [0, 0.05) is 43.3 Å². The fraction of sp³-hybridized carbons (Fsp3) is 0.444. The summed E-state index contributed by atoms with van der Waals surface area (Å²) >= 11 is 1.54. The van der Waals surface area contributed by atoms with Crippen molar-refractivity contribution in [3.8, 4) is 0 Å². The summed E-state index contributed by atoms with van der Waals surface area (Å²) in [5.74, 6) is 0.649. The third-order valence-corrected chi connectivity index (χ3v) is 5.79. The second kappa shape index (κ2) is 7.03. The molecule has 5 rings (SSSR count). The summed E-state index contributed by atoms with van der Waals surface area (Å²) in [5.41, 5.74) is 3.31. The number of amides is 2. The number of pyridine rings is 1. The maximum absolute atomic E-state index is 13.0. The number of thiazole rings is 1. The van der Waals surface area contributed by atoms with Crippen LogP contribution >= 0.6 is 11.3 Å². The van der Waals surface area contributed by atoms with Crippen molar-refractivity contribution in [1.29, 1.82) is 0 Å². The number of anilines is 1. The Balaban J connectivity index is 1.55. The van der Waals surface area contributed by atoms with Crippen LogP contribution in [0.15, 0.2) is 29.2 Å². The van der Waals surface area contributed by atoms with Crippen LogP contribution in [0.5, 0.6) is 0 Å². The Labute approximate surface area is 156 Å². The summed E-state index contributed by atoms with van der Waals surface area (Å²) in [6.45, 7) is 1.59. The van der Waals surface area contributed by atoms with Crippen molar-refractivity contribution in [3.63, 3.8) is 0 Å². The number of carbonyl (C=O) groups excluding carboxylic acids is 2. The van der Waals surface area contributed by atoms with Crippen LogP contribution in [0, 0.1) is 5.92 Å². The molecule has 3 fully saturated rings. The molecule has 7 nitrogen and oxygen atoms in total. The quantitative estimate of drug-likeness (QED) is 0.887. The number of hydrogen-bond donors (Lipinski definition) is 1. The fourth-order valence-corrected chi connectivity index (χ4v) is 4.34. The molecule has 0 radical (unpaired) electrons. The Bertz CT molecular complexity index is 810. The molecule has 3 saturated heterocycles. The monoisotopic (exact) mass is 371 g/mol. The maximum atomic E-state index is 13.0. The highest BCUT2D eigenvalue weighted by molar-refractivity contribution is 7.07. The van der Waals surface area contributed by atoms with Gasteiger partial charge in [-0.15, -0.1) is 11.3 Å². The zero-order valence-corrected chi connectivity index (χ0v) is 15.4. The highest BCUT2D eigenvalue weighted by Gasteiger charge is 2.42. The minimum absolute atomic E-state index is 0.0379. The summed E-state index contributed by atoms with van der Waals surface area (Å²) in [5, 5.41) is 4.93. The van der Waals surface area contributed by atoms with Gasteiger partial charge >= 0.3 is 0 Å². The summed E-state index contributed by atoms with van der Waals surface area (Å²) in [6.07, 6.45) is 3.41. The van der Waals surface area contributed by atoms with Gasteiger partial charge in [0.15, 0.2) is 0 Å². The van der Waals surface area contributed by atoms with Crippen LogP contribution in [0.2, 0.25) is 0 Å². The molecule has 3 aliphatic rings. The number of aromatic nitrogens is 2. The van der Waals surface area contributed by atoms with Gasteiger partial charge in [-0.2, -0.15) is 0 Å². The highest BCUT2D eigenvalue weighted by Crippen LogP contribution is 2.31. The van der Waals surface area contributed by atoms with Crippen molar-refractivity contribution in [1.82, 2.24) is 19.8 Å². The molecule has 0 unspecified atom stereocenters. The Kier molecular flexibility index (Phi) is 4.58. The van der Waals surface area contributed by atoms with Gasteiger partial charge < -0.3 is 15.1 Å². The largest absolute Gasteiger partial charge is 0.373 e. The molecule has 5 heterocycles. The van der Waals surface area contributed by atoms with Gasteiger partial charge in [-0.25, -0.2) is 9.97 Å². The Morgan fingerprint density at radius 1 is 1.35 bits per heavy atom. The molecule has 2 amide bonds. The van der Waals surface area contributed by atoms with Gasteiger partial charge in [-0.05, 0) is 25.0 Å². The van der Waals surface area contributed by atoms with Crippen molar-refractivity contribution in [3.05, 3.63) is 40.5 Å². The molecule has 2 atom stereocenters. The zero-order chi connectivity index (χ0) is 18.1. The van der Waals surface area contributed by atoms with Gasteiger partial charge in [-0.1, -0.05) is 0 Å². The number of hydrogen-bond acceptors (Lipinski definition) is 6. The minimum Gasteiger partial charge on any atom is -0.373 e. The van der Waals surface area contributed by atoms with Gasteiger partial charge in [0.25, 0.3) is 5.91 Å². The van der Waals surface area contributed by atoms with Gasteiger partial charge in [-0.3, -0.25) is 9.59 Å². The summed E-state index contributed by atoms with van der Waals surface area (Å²) in [6, 6.07) is 3.53. The summed E-state index contributed by atoms with van der Waals surface area (Å²) < 4.78 is 0. The van der Waals surface area contributed by atoms with Crippen LogP contribution < -0.4 is 5.32 Å². The summed E-state index contributed by atoms with van der Waals surface area (Å²) in [4.78, 5) is 38.1. The highest BCUT2D eigenvalue weighted by atomic mass is 32.1. The van der Waals surface area contributed by atoms with Crippen LogP contribution in [-0.2, 0) is 11.3 Å². The van der Waals surface area contributed by atoms with Crippen molar-refractivity contribution >= 4 is 29.0 Å². The predicted molar refractivity (Wildman–Crippen MR) is 98.9 cm³/mol. The van der Waals surface area contributed by atoms with Gasteiger partial charge in [0.2, 0.25) is 5.91 Å². The topological polar surface area (TPSA) is 78.4 Å². The first-order valence-electron chi connectivity index (χ1n) is 8.76. The average molecular weight is 371 g/mol. The van der Waals surface area contributed by atoms with Crippen LogP contribution in [0.4, 0.5) is 5.82 Å². The van der Waals surface area contributed by atoms with Crippen LogP contribution in [0.1, 0.15) is 28.9 Å². The molecule has 26 heavy (non-hydrogen) atoms.